The van der Waals surface area contributed by atoms with Gasteiger partial charge in [0.25, 0.3) is 5.69 Å². The topological polar surface area (TPSA) is 55.2 Å². The Balaban J connectivity index is 2.86. The van der Waals surface area contributed by atoms with E-state index in [0.717, 1.165) is 18.4 Å². The molecule has 1 unspecified atom stereocenters. The normalized spacial score (nSPS) is 12.1. The summed E-state index contributed by atoms with van der Waals surface area (Å²) in [5.41, 5.74) is 1.02. The third-order valence-electron chi connectivity index (χ3n) is 2.60. The van der Waals surface area contributed by atoms with Crippen LogP contribution in [-0.2, 0) is 0 Å². The van der Waals surface area contributed by atoms with E-state index in [9.17, 15) is 10.1 Å². The molecule has 0 amide bonds. The van der Waals surface area contributed by atoms with Gasteiger partial charge < -0.3 is 5.32 Å². The minimum Gasteiger partial charge on any atom is -0.305 e. The smallest absolute Gasteiger partial charge is 0.269 e. The van der Waals surface area contributed by atoms with Crippen molar-refractivity contribution in [3.63, 3.8) is 0 Å². The maximum absolute atomic E-state index is 10.7. The van der Waals surface area contributed by atoms with Gasteiger partial charge in [-0.2, -0.15) is 0 Å². The van der Waals surface area contributed by atoms with Crippen molar-refractivity contribution < 1.29 is 4.92 Å². The maximum atomic E-state index is 10.7. The predicted molar refractivity (Wildman–Crippen MR) is 73.7 cm³/mol. The number of halogens is 1. The van der Waals surface area contributed by atoms with E-state index < -0.39 is 0 Å². The molecule has 4 nitrogen and oxygen atoms in total. The summed E-state index contributed by atoms with van der Waals surface area (Å²) in [6.45, 7) is 6.19. The van der Waals surface area contributed by atoms with E-state index in [4.69, 9.17) is 11.6 Å². The lowest BCUT2D eigenvalue weighted by atomic mass is 10.0. The zero-order valence-corrected chi connectivity index (χ0v) is 11.1. The van der Waals surface area contributed by atoms with Crippen LogP contribution in [0.25, 0.3) is 0 Å². The molecule has 0 aromatic heterocycles. The number of nitro benzene ring substituents is 1. The molecule has 0 saturated heterocycles. The Morgan fingerprint density at radius 1 is 1.61 bits per heavy atom. The highest BCUT2D eigenvalue weighted by atomic mass is 35.5. The molecule has 0 heterocycles. The largest absolute Gasteiger partial charge is 0.305 e. The highest BCUT2D eigenvalue weighted by molar-refractivity contribution is 6.29. The van der Waals surface area contributed by atoms with E-state index in [1.807, 2.05) is 6.07 Å². The Morgan fingerprint density at radius 2 is 2.33 bits per heavy atom. The molecule has 1 aromatic rings. The first-order valence-corrected chi connectivity index (χ1v) is 6.23. The minimum atomic E-state index is -0.382. The summed E-state index contributed by atoms with van der Waals surface area (Å²) in [6, 6.07) is 6.74. The maximum Gasteiger partial charge on any atom is 0.269 e. The van der Waals surface area contributed by atoms with Crippen molar-refractivity contribution in [2.45, 2.75) is 25.8 Å². The summed E-state index contributed by atoms with van der Waals surface area (Å²) < 4.78 is 0. The molecule has 98 valence electrons. The molecular formula is C13H17ClN2O2. The molecule has 0 radical (unpaired) electrons. The van der Waals surface area contributed by atoms with Crippen molar-refractivity contribution in [2.75, 3.05) is 6.54 Å². The van der Waals surface area contributed by atoms with E-state index in [0.29, 0.717) is 11.6 Å². The molecule has 1 N–H and O–H groups in total. The van der Waals surface area contributed by atoms with Crippen molar-refractivity contribution in [1.29, 1.82) is 0 Å². The fourth-order valence-electron chi connectivity index (χ4n) is 1.76. The van der Waals surface area contributed by atoms with Crippen LogP contribution in [0.1, 0.15) is 31.4 Å². The number of nitro groups is 1. The Hall–Kier alpha value is -1.39. The standard InChI is InChI=1S/C13H17ClN2O2/c1-3-5-13(15-9-10(2)14)11-6-4-7-12(8-11)16(17)18/h4,6-8,13,15H,2-3,5,9H2,1H3. The number of non-ortho nitro benzene ring substituents is 1. The number of hydrogen-bond acceptors (Lipinski definition) is 3. The number of hydrogen-bond donors (Lipinski definition) is 1. The van der Waals surface area contributed by atoms with Gasteiger partial charge in [0.2, 0.25) is 0 Å². The third-order valence-corrected chi connectivity index (χ3v) is 2.73. The van der Waals surface area contributed by atoms with E-state index in [-0.39, 0.29) is 16.7 Å². The summed E-state index contributed by atoms with van der Waals surface area (Å²) in [4.78, 5) is 10.4. The van der Waals surface area contributed by atoms with Gasteiger partial charge in [0.05, 0.1) is 4.92 Å². The fraction of sp³-hybridized carbons (Fsp3) is 0.385. The second-order valence-corrected chi connectivity index (χ2v) is 4.63. The van der Waals surface area contributed by atoms with Gasteiger partial charge in [0.15, 0.2) is 0 Å². The van der Waals surface area contributed by atoms with Crippen molar-refractivity contribution in [3.05, 3.63) is 51.6 Å². The zero-order valence-electron chi connectivity index (χ0n) is 10.4. The number of rotatable bonds is 7. The lowest BCUT2D eigenvalue weighted by Gasteiger charge is -2.18. The van der Waals surface area contributed by atoms with Crippen molar-refractivity contribution >= 4 is 17.3 Å². The first-order valence-electron chi connectivity index (χ1n) is 5.85. The quantitative estimate of drug-likeness (QED) is 0.605. The summed E-state index contributed by atoms with van der Waals surface area (Å²) in [5, 5.41) is 14.5. The fourth-order valence-corrected chi connectivity index (χ4v) is 1.84. The average molecular weight is 269 g/mol. The molecule has 1 rings (SSSR count). The van der Waals surface area contributed by atoms with Crippen LogP contribution in [-0.4, -0.2) is 11.5 Å². The number of benzene rings is 1. The van der Waals surface area contributed by atoms with Gasteiger partial charge in [-0.3, -0.25) is 10.1 Å². The van der Waals surface area contributed by atoms with Crippen LogP contribution in [0.15, 0.2) is 35.9 Å². The summed E-state index contributed by atoms with van der Waals surface area (Å²) >= 11 is 5.73. The molecule has 1 aromatic carbocycles. The second kappa shape index (κ2) is 7.13. The van der Waals surface area contributed by atoms with Gasteiger partial charge in [-0.1, -0.05) is 43.7 Å². The van der Waals surface area contributed by atoms with Crippen LogP contribution < -0.4 is 5.32 Å². The van der Waals surface area contributed by atoms with Crippen molar-refractivity contribution in [3.8, 4) is 0 Å². The molecule has 0 bridgehead atoms. The van der Waals surface area contributed by atoms with Gasteiger partial charge in [-0.15, -0.1) is 0 Å². The number of nitrogens with one attached hydrogen (secondary N) is 1. The molecule has 0 spiro atoms. The summed E-state index contributed by atoms with van der Waals surface area (Å²) in [5.74, 6) is 0. The number of nitrogens with zero attached hydrogens (tertiary/aromatic N) is 1. The Labute approximate surface area is 112 Å². The van der Waals surface area contributed by atoms with Crippen LogP contribution in [0, 0.1) is 10.1 Å². The highest BCUT2D eigenvalue weighted by Crippen LogP contribution is 2.23. The Morgan fingerprint density at radius 3 is 2.89 bits per heavy atom. The molecule has 5 heteroatoms. The molecule has 0 aliphatic carbocycles. The SMILES string of the molecule is C=C(Cl)CNC(CCC)c1cccc([N+](=O)[O-])c1. The summed E-state index contributed by atoms with van der Waals surface area (Å²) in [7, 11) is 0. The highest BCUT2D eigenvalue weighted by Gasteiger charge is 2.13. The van der Waals surface area contributed by atoms with Crippen LogP contribution in [0.2, 0.25) is 0 Å². The van der Waals surface area contributed by atoms with E-state index >= 15 is 0 Å². The molecule has 18 heavy (non-hydrogen) atoms. The van der Waals surface area contributed by atoms with E-state index in [2.05, 4.69) is 18.8 Å². The van der Waals surface area contributed by atoms with Crippen LogP contribution in [0.3, 0.4) is 0 Å². The molecule has 0 saturated carbocycles. The first kappa shape index (κ1) is 14.7. The van der Waals surface area contributed by atoms with Crippen molar-refractivity contribution in [2.24, 2.45) is 0 Å². The molecule has 0 fully saturated rings. The van der Waals surface area contributed by atoms with E-state index in [1.165, 1.54) is 6.07 Å². The molecule has 0 aliphatic rings. The van der Waals surface area contributed by atoms with Gasteiger partial charge >= 0.3 is 0 Å². The second-order valence-electron chi connectivity index (χ2n) is 4.09. The lowest BCUT2D eigenvalue weighted by Crippen LogP contribution is -2.22. The van der Waals surface area contributed by atoms with Crippen LogP contribution in [0.4, 0.5) is 5.69 Å². The minimum absolute atomic E-state index is 0.0606. The lowest BCUT2D eigenvalue weighted by molar-refractivity contribution is -0.384. The monoisotopic (exact) mass is 268 g/mol. The Bertz CT molecular complexity index is 435. The first-order chi connectivity index (χ1) is 8.54. The molecule has 1 atom stereocenters. The molecular weight excluding hydrogens is 252 g/mol. The van der Waals surface area contributed by atoms with E-state index in [1.54, 1.807) is 12.1 Å². The Kier molecular flexibility index (Phi) is 5.82. The van der Waals surface area contributed by atoms with Gasteiger partial charge in [0.1, 0.15) is 0 Å². The predicted octanol–water partition coefficient (Wildman–Crippen LogP) is 3.78. The third kappa shape index (κ3) is 4.47. The van der Waals surface area contributed by atoms with Gasteiger partial charge in [-0.05, 0) is 12.0 Å². The van der Waals surface area contributed by atoms with Gasteiger partial charge in [-0.25, -0.2) is 0 Å². The van der Waals surface area contributed by atoms with Crippen LogP contribution >= 0.6 is 11.6 Å². The van der Waals surface area contributed by atoms with Crippen LogP contribution in [0.5, 0.6) is 0 Å². The zero-order chi connectivity index (χ0) is 13.5. The van der Waals surface area contributed by atoms with Crippen molar-refractivity contribution in [1.82, 2.24) is 5.32 Å². The average Bonchev–Trinajstić information content (AvgIpc) is 2.34. The van der Waals surface area contributed by atoms with Gasteiger partial charge in [0, 0.05) is 29.8 Å². The molecule has 0 aliphatic heterocycles. The summed E-state index contributed by atoms with van der Waals surface area (Å²) in [6.07, 6.45) is 1.88.